The maximum absolute atomic E-state index is 11.1. The Morgan fingerprint density at radius 2 is 2.33 bits per heavy atom. The van der Waals surface area contributed by atoms with Crippen LogP contribution in [0, 0.1) is 16.0 Å². The molecular formula is C15H22N2O4. The van der Waals surface area contributed by atoms with Gasteiger partial charge in [-0.15, -0.1) is 0 Å². The molecule has 1 aliphatic rings. The second-order valence-corrected chi connectivity index (χ2v) is 5.92. The fourth-order valence-corrected chi connectivity index (χ4v) is 2.99. The van der Waals surface area contributed by atoms with Gasteiger partial charge in [0.1, 0.15) is 11.4 Å². The molecule has 116 valence electrons. The molecule has 2 unspecified atom stereocenters. The lowest BCUT2D eigenvalue weighted by Gasteiger charge is -2.35. The van der Waals surface area contributed by atoms with Crippen LogP contribution in [0.5, 0.6) is 5.75 Å². The maximum Gasteiger partial charge on any atom is 0.296 e. The van der Waals surface area contributed by atoms with Crippen molar-refractivity contribution in [2.45, 2.75) is 38.2 Å². The van der Waals surface area contributed by atoms with Crippen molar-refractivity contribution in [2.24, 2.45) is 5.92 Å². The molecular weight excluding hydrogens is 272 g/mol. The van der Waals surface area contributed by atoms with E-state index in [2.05, 4.69) is 12.2 Å². The highest BCUT2D eigenvalue weighted by Crippen LogP contribution is 2.34. The second-order valence-electron chi connectivity index (χ2n) is 5.92. The van der Waals surface area contributed by atoms with Crippen molar-refractivity contribution in [3.63, 3.8) is 0 Å². The van der Waals surface area contributed by atoms with Crippen molar-refractivity contribution in [1.29, 1.82) is 0 Å². The average Bonchev–Trinajstić information content (AvgIpc) is 2.44. The monoisotopic (exact) mass is 294 g/mol. The lowest BCUT2D eigenvalue weighted by molar-refractivity contribution is -0.384. The minimum absolute atomic E-state index is 0.0400. The zero-order valence-electron chi connectivity index (χ0n) is 12.5. The number of hydrogen-bond donors (Lipinski definition) is 2. The van der Waals surface area contributed by atoms with Crippen LogP contribution in [-0.4, -0.2) is 29.3 Å². The number of nitro groups is 1. The highest BCUT2D eigenvalue weighted by molar-refractivity contribution is 5.64. The number of nitrogens with one attached hydrogen (secondary N) is 1. The number of methoxy groups -OCH3 is 1. The Labute approximate surface area is 124 Å². The first-order chi connectivity index (χ1) is 9.93. The summed E-state index contributed by atoms with van der Waals surface area (Å²) >= 11 is 0. The van der Waals surface area contributed by atoms with E-state index in [1.165, 1.54) is 13.2 Å². The van der Waals surface area contributed by atoms with Gasteiger partial charge < -0.3 is 15.2 Å². The number of aliphatic hydroxyl groups is 1. The summed E-state index contributed by atoms with van der Waals surface area (Å²) in [5.41, 5.74) is -0.417. The van der Waals surface area contributed by atoms with Crippen molar-refractivity contribution < 1.29 is 14.8 Å². The Bertz CT molecular complexity index is 520. The van der Waals surface area contributed by atoms with Crippen molar-refractivity contribution in [3.05, 3.63) is 28.3 Å². The first-order valence-corrected chi connectivity index (χ1v) is 7.22. The van der Waals surface area contributed by atoms with Gasteiger partial charge >= 0.3 is 0 Å². The Balaban J connectivity index is 2.10. The predicted molar refractivity (Wildman–Crippen MR) is 80.7 cm³/mol. The molecule has 1 aromatic carbocycles. The maximum atomic E-state index is 11.1. The average molecular weight is 294 g/mol. The summed E-state index contributed by atoms with van der Waals surface area (Å²) in [5, 5.41) is 24.7. The lowest BCUT2D eigenvalue weighted by atomic mass is 9.79. The van der Waals surface area contributed by atoms with E-state index in [-0.39, 0.29) is 5.69 Å². The molecule has 2 rings (SSSR count). The van der Waals surface area contributed by atoms with Gasteiger partial charge in [-0.3, -0.25) is 10.1 Å². The summed E-state index contributed by atoms with van der Waals surface area (Å²) in [6.45, 7) is 2.45. The van der Waals surface area contributed by atoms with Gasteiger partial charge in [-0.1, -0.05) is 19.8 Å². The molecule has 0 aliphatic heterocycles. The SMILES string of the molecule is COc1ccc(NCC2(O)CCCC(C)C2)c([N+](=O)[O-])c1. The molecule has 0 radical (unpaired) electrons. The molecule has 2 N–H and O–H groups in total. The summed E-state index contributed by atoms with van der Waals surface area (Å²) in [7, 11) is 1.47. The number of anilines is 1. The molecule has 6 nitrogen and oxygen atoms in total. The van der Waals surface area contributed by atoms with Crippen LogP contribution < -0.4 is 10.1 Å². The normalized spacial score (nSPS) is 25.4. The van der Waals surface area contributed by atoms with Gasteiger partial charge in [-0.2, -0.15) is 0 Å². The van der Waals surface area contributed by atoms with Crippen molar-refractivity contribution >= 4 is 11.4 Å². The van der Waals surface area contributed by atoms with Crippen LogP contribution >= 0.6 is 0 Å². The minimum atomic E-state index is -0.786. The molecule has 1 aromatic rings. The van der Waals surface area contributed by atoms with Crippen LogP contribution in [0.2, 0.25) is 0 Å². The summed E-state index contributed by atoms with van der Waals surface area (Å²) < 4.78 is 5.01. The fourth-order valence-electron chi connectivity index (χ4n) is 2.99. The Morgan fingerprint density at radius 1 is 1.57 bits per heavy atom. The topological polar surface area (TPSA) is 84.6 Å². The highest BCUT2D eigenvalue weighted by atomic mass is 16.6. The quantitative estimate of drug-likeness (QED) is 0.644. The van der Waals surface area contributed by atoms with Crippen LogP contribution in [0.4, 0.5) is 11.4 Å². The summed E-state index contributed by atoms with van der Waals surface area (Å²) in [6.07, 6.45) is 3.58. The molecule has 0 amide bonds. The van der Waals surface area contributed by atoms with E-state index < -0.39 is 10.5 Å². The molecule has 1 aliphatic carbocycles. The van der Waals surface area contributed by atoms with E-state index in [0.29, 0.717) is 23.9 Å². The van der Waals surface area contributed by atoms with Gasteiger partial charge in [0, 0.05) is 6.54 Å². The zero-order valence-corrected chi connectivity index (χ0v) is 12.5. The first kappa shape index (κ1) is 15.6. The molecule has 0 spiro atoms. The second kappa shape index (κ2) is 6.30. The van der Waals surface area contributed by atoms with Gasteiger partial charge in [-0.05, 0) is 30.9 Å². The largest absolute Gasteiger partial charge is 0.496 e. The molecule has 0 bridgehead atoms. The summed E-state index contributed by atoms with van der Waals surface area (Å²) in [5.74, 6) is 0.925. The van der Waals surface area contributed by atoms with E-state index in [1.54, 1.807) is 12.1 Å². The predicted octanol–water partition coefficient (Wildman–Crippen LogP) is 2.96. The number of nitrogens with zero attached hydrogens (tertiary/aromatic N) is 1. The first-order valence-electron chi connectivity index (χ1n) is 7.22. The third-order valence-corrected chi connectivity index (χ3v) is 4.08. The number of nitro benzene ring substituents is 1. The molecule has 0 heterocycles. The minimum Gasteiger partial charge on any atom is -0.496 e. The number of hydrogen-bond acceptors (Lipinski definition) is 5. The standard InChI is InChI=1S/C15H22N2O4/c1-11-4-3-7-15(18,9-11)10-16-13-6-5-12(21-2)8-14(13)17(19)20/h5-6,8,11,16,18H,3-4,7,9-10H2,1-2H3. The van der Waals surface area contributed by atoms with E-state index in [1.807, 2.05) is 0 Å². The van der Waals surface area contributed by atoms with Crippen molar-refractivity contribution in [3.8, 4) is 5.75 Å². The molecule has 1 fully saturated rings. The van der Waals surface area contributed by atoms with Gasteiger partial charge in [0.2, 0.25) is 0 Å². The van der Waals surface area contributed by atoms with Crippen molar-refractivity contribution in [1.82, 2.24) is 0 Å². The number of benzene rings is 1. The molecule has 1 saturated carbocycles. The van der Waals surface area contributed by atoms with Gasteiger partial charge in [0.25, 0.3) is 5.69 Å². The summed E-state index contributed by atoms with van der Waals surface area (Å²) in [4.78, 5) is 10.7. The van der Waals surface area contributed by atoms with Gasteiger partial charge in [0.05, 0.1) is 23.7 Å². The molecule has 2 atom stereocenters. The van der Waals surface area contributed by atoms with Crippen LogP contribution in [0.3, 0.4) is 0 Å². The van der Waals surface area contributed by atoms with Crippen LogP contribution in [0.1, 0.15) is 32.6 Å². The zero-order chi connectivity index (χ0) is 15.5. The molecule has 0 saturated heterocycles. The van der Waals surface area contributed by atoms with E-state index >= 15 is 0 Å². The van der Waals surface area contributed by atoms with E-state index in [9.17, 15) is 15.2 Å². The van der Waals surface area contributed by atoms with Gasteiger partial charge in [0.15, 0.2) is 0 Å². The van der Waals surface area contributed by atoms with E-state index in [4.69, 9.17) is 4.74 Å². The third-order valence-electron chi connectivity index (χ3n) is 4.08. The smallest absolute Gasteiger partial charge is 0.296 e. The highest BCUT2D eigenvalue weighted by Gasteiger charge is 2.32. The number of rotatable bonds is 5. The van der Waals surface area contributed by atoms with Gasteiger partial charge in [-0.25, -0.2) is 0 Å². The Kier molecular flexibility index (Phi) is 4.67. The summed E-state index contributed by atoms with van der Waals surface area (Å²) in [6, 6.07) is 4.67. The Morgan fingerprint density at radius 3 is 2.95 bits per heavy atom. The molecule has 0 aromatic heterocycles. The Hall–Kier alpha value is -1.82. The van der Waals surface area contributed by atoms with E-state index in [0.717, 1.165) is 25.7 Å². The molecule has 6 heteroatoms. The third kappa shape index (κ3) is 3.85. The number of ether oxygens (including phenoxy) is 1. The van der Waals surface area contributed by atoms with Crippen LogP contribution in [0.15, 0.2) is 18.2 Å². The van der Waals surface area contributed by atoms with Crippen LogP contribution in [0.25, 0.3) is 0 Å². The van der Waals surface area contributed by atoms with Crippen molar-refractivity contribution in [2.75, 3.05) is 19.0 Å². The lowest BCUT2D eigenvalue weighted by Crippen LogP contribution is -2.41. The fraction of sp³-hybridized carbons (Fsp3) is 0.600. The molecule has 21 heavy (non-hydrogen) atoms. The van der Waals surface area contributed by atoms with Crippen LogP contribution in [-0.2, 0) is 0 Å².